The largest absolute Gasteiger partial charge is 0.378 e. The van der Waals surface area contributed by atoms with Crippen molar-refractivity contribution in [2.45, 2.75) is 0 Å². The number of hydrogen-bond donors (Lipinski definition) is 1. The Hall–Kier alpha value is -2.50. The lowest BCUT2D eigenvalue weighted by Crippen LogP contribution is -2.51. The third-order valence-electron chi connectivity index (χ3n) is 4.96. The maximum atomic E-state index is 12.4. The molecule has 3 fully saturated rings. The van der Waals surface area contributed by atoms with E-state index in [4.69, 9.17) is 4.74 Å². The first-order chi connectivity index (χ1) is 14.1. The number of rotatable bonds is 4. The zero-order valence-electron chi connectivity index (χ0n) is 15.9. The summed E-state index contributed by atoms with van der Waals surface area (Å²) in [6, 6.07) is 1.70. The minimum atomic E-state index is -0.404. The monoisotopic (exact) mass is 418 g/mol. The smallest absolute Gasteiger partial charge is 0.290 e. The molecule has 0 aliphatic carbocycles. The molecule has 0 atom stereocenters. The van der Waals surface area contributed by atoms with E-state index in [1.54, 1.807) is 18.3 Å². The molecule has 1 aromatic heterocycles. The molecule has 0 bridgehead atoms. The Morgan fingerprint density at radius 3 is 2.62 bits per heavy atom. The lowest BCUT2D eigenvalue weighted by Gasteiger charge is -2.36. The summed E-state index contributed by atoms with van der Waals surface area (Å²) in [7, 11) is 0. The van der Waals surface area contributed by atoms with Crippen molar-refractivity contribution in [2.24, 2.45) is 0 Å². The van der Waals surface area contributed by atoms with Crippen LogP contribution in [0.4, 0.5) is 10.7 Å². The number of nitrogens with zero attached hydrogens (tertiary/aromatic N) is 5. The molecule has 11 heteroatoms. The highest BCUT2D eigenvalue weighted by Gasteiger charge is 2.26. The first kappa shape index (κ1) is 19.8. The van der Waals surface area contributed by atoms with Crippen LogP contribution < -0.4 is 10.2 Å². The van der Waals surface area contributed by atoms with Crippen molar-refractivity contribution in [1.82, 2.24) is 25.1 Å². The number of thioether (sulfide) groups is 1. The van der Waals surface area contributed by atoms with Crippen LogP contribution in [-0.4, -0.2) is 95.8 Å². The number of hydrogen-bond acceptors (Lipinski definition) is 9. The summed E-state index contributed by atoms with van der Waals surface area (Å²) in [6.07, 6.45) is 3.23. The molecular formula is C18H22N6O4S. The first-order valence-electron chi connectivity index (χ1n) is 9.49. The highest BCUT2D eigenvalue weighted by molar-refractivity contribution is 8.18. The maximum Gasteiger partial charge on any atom is 0.290 e. The van der Waals surface area contributed by atoms with E-state index in [-0.39, 0.29) is 11.1 Å². The summed E-state index contributed by atoms with van der Waals surface area (Å²) >= 11 is 0.865. The SMILES string of the molecule is O=C1NC(=O)/C(=C\c2ccnc(N3CCN(CC(=O)N4CCOCC4)CC3)n2)S1. The quantitative estimate of drug-likeness (QED) is 0.664. The third-order valence-corrected chi connectivity index (χ3v) is 5.77. The molecule has 29 heavy (non-hydrogen) atoms. The van der Waals surface area contributed by atoms with Gasteiger partial charge in [0.15, 0.2) is 0 Å². The number of amides is 3. The van der Waals surface area contributed by atoms with Gasteiger partial charge in [0.25, 0.3) is 11.1 Å². The van der Waals surface area contributed by atoms with Crippen LogP contribution >= 0.6 is 11.8 Å². The number of carbonyl (C=O) groups excluding carboxylic acids is 3. The predicted molar refractivity (Wildman–Crippen MR) is 107 cm³/mol. The standard InChI is InChI=1S/C18H22N6O4S/c25-15(23-7-9-28-10-8-23)12-22-3-5-24(6-4-22)17-19-2-1-13(20-17)11-14-16(26)21-18(27)29-14/h1-2,11H,3-10,12H2,(H,21,26,27)/b14-11+. The molecule has 0 spiro atoms. The number of ether oxygens (including phenoxy) is 1. The molecule has 1 N–H and O–H groups in total. The average molecular weight is 418 g/mol. The van der Waals surface area contributed by atoms with Gasteiger partial charge in [0.05, 0.1) is 30.4 Å². The molecule has 0 radical (unpaired) electrons. The second kappa shape index (κ2) is 8.89. The van der Waals surface area contributed by atoms with Crippen molar-refractivity contribution in [3.63, 3.8) is 0 Å². The summed E-state index contributed by atoms with van der Waals surface area (Å²) in [5.41, 5.74) is 0.576. The predicted octanol–water partition coefficient (Wildman–Crippen LogP) is -0.219. The Morgan fingerprint density at radius 1 is 1.17 bits per heavy atom. The fourth-order valence-corrected chi connectivity index (χ4v) is 4.03. The molecule has 154 valence electrons. The van der Waals surface area contributed by atoms with Crippen molar-refractivity contribution in [2.75, 3.05) is 63.9 Å². The molecule has 4 rings (SSSR count). The Kier molecular flexibility index (Phi) is 6.07. The van der Waals surface area contributed by atoms with Gasteiger partial charge in [0.1, 0.15) is 0 Å². The molecule has 3 aliphatic rings. The van der Waals surface area contributed by atoms with Gasteiger partial charge in [-0.3, -0.25) is 24.6 Å². The fraction of sp³-hybridized carbons (Fsp3) is 0.500. The van der Waals surface area contributed by atoms with Gasteiger partial charge in [0, 0.05) is 45.5 Å². The maximum absolute atomic E-state index is 12.4. The highest BCUT2D eigenvalue weighted by atomic mass is 32.2. The molecule has 0 aromatic carbocycles. The van der Waals surface area contributed by atoms with Gasteiger partial charge < -0.3 is 14.5 Å². The van der Waals surface area contributed by atoms with E-state index in [0.29, 0.717) is 62.5 Å². The van der Waals surface area contributed by atoms with E-state index in [9.17, 15) is 14.4 Å². The zero-order valence-corrected chi connectivity index (χ0v) is 16.7. The molecule has 3 amide bonds. The second-order valence-corrected chi connectivity index (χ2v) is 7.90. The summed E-state index contributed by atoms with van der Waals surface area (Å²) in [4.78, 5) is 50.6. The van der Waals surface area contributed by atoms with Gasteiger partial charge in [0.2, 0.25) is 11.9 Å². The number of anilines is 1. The van der Waals surface area contributed by atoms with Gasteiger partial charge in [-0.2, -0.15) is 0 Å². The second-order valence-electron chi connectivity index (χ2n) is 6.89. The lowest BCUT2D eigenvalue weighted by molar-refractivity contribution is -0.136. The number of aromatic nitrogens is 2. The van der Waals surface area contributed by atoms with Crippen LogP contribution in [0.15, 0.2) is 17.2 Å². The van der Waals surface area contributed by atoms with E-state index in [1.165, 1.54) is 0 Å². The lowest BCUT2D eigenvalue weighted by atomic mass is 10.3. The topological polar surface area (TPSA) is 108 Å². The van der Waals surface area contributed by atoms with Gasteiger partial charge in [-0.05, 0) is 23.9 Å². The highest BCUT2D eigenvalue weighted by Crippen LogP contribution is 2.25. The summed E-state index contributed by atoms with van der Waals surface area (Å²) in [5, 5.41) is 1.85. The Labute approximate surface area is 172 Å². The van der Waals surface area contributed by atoms with Crippen molar-refractivity contribution in [1.29, 1.82) is 0 Å². The van der Waals surface area contributed by atoms with Crippen LogP contribution in [0.2, 0.25) is 0 Å². The molecular weight excluding hydrogens is 396 g/mol. The van der Waals surface area contributed by atoms with Crippen LogP contribution in [-0.2, 0) is 14.3 Å². The number of nitrogens with one attached hydrogen (secondary N) is 1. The van der Waals surface area contributed by atoms with Crippen molar-refractivity contribution >= 4 is 40.8 Å². The number of imide groups is 1. The van der Waals surface area contributed by atoms with E-state index in [1.807, 2.05) is 4.90 Å². The van der Waals surface area contributed by atoms with Gasteiger partial charge >= 0.3 is 0 Å². The summed E-state index contributed by atoms with van der Waals surface area (Å²) in [5.74, 6) is 0.320. The Bertz CT molecular complexity index is 833. The minimum absolute atomic E-state index is 0.147. The Balaban J connectivity index is 1.33. The summed E-state index contributed by atoms with van der Waals surface area (Å²) < 4.78 is 5.29. The number of piperazine rings is 1. The van der Waals surface area contributed by atoms with Crippen molar-refractivity contribution in [3.8, 4) is 0 Å². The van der Waals surface area contributed by atoms with Gasteiger partial charge in [-0.15, -0.1) is 0 Å². The first-order valence-corrected chi connectivity index (χ1v) is 10.3. The van der Waals surface area contributed by atoms with E-state index >= 15 is 0 Å². The molecule has 3 aliphatic heterocycles. The van der Waals surface area contributed by atoms with Crippen molar-refractivity contribution in [3.05, 3.63) is 22.9 Å². The molecule has 10 nitrogen and oxygen atoms in total. The molecule has 4 heterocycles. The minimum Gasteiger partial charge on any atom is -0.378 e. The zero-order chi connectivity index (χ0) is 20.2. The Morgan fingerprint density at radius 2 is 1.93 bits per heavy atom. The molecule has 1 aromatic rings. The van der Waals surface area contributed by atoms with Crippen LogP contribution in [0, 0.1) is 0 Å². The fourth-order valence-electron chi connectivity index (χ4n) is 3.36. The van der Waals surface area contributed by atoms with Gasteiger partial charge in [-0.1, -0.05) is 0 Å². The van der Waals surface area contributed by atoms with E-state index < -0.39 is 5.91 Å². The normalized spacial score (nSPS) is 22.3. The van der Waals surface area contributed by atoms with Crippen LogP contribution in [0.25, 0.3) is 6.08 Å². The molecule has 3 saturated heterocycles. The summed E-state index contributed by atoms with van der Waals surface area (Å²) in [6.45, 7) is 5.88. The van der Waals surface area contributed by atoms with Crippen molar-refractivity contribution < 1.29 is 19.1 Å². The average Bonchev–Trinajstić information content (AvgIpc) is 3.06. The number of carbonyl (C=O) groups is 3. The van der Waals surface area contributed by atoms with E-state index in [2.05, 4.69) is 25.1 Å². The van der Waals surface area contributed by atoms with Crippen LogP contribution in [0.5, 0.6) is 0 Å². The third kappa shape index (κ3) is 4.92. The van der Waals surface area contributed by atoms with Crippen LogP contribution in [0.3, 0.4) is 0 Å². The van der Waals surface area contributed by atoms with Crippen LogP contribution in [0.1, 0.15) is 5.69 Å². The van der Waals surface area contributed by atoms with E-state index in [0.717, 1.165) is 24.9 Å². The van der Waals surface area contributed by atoms with Gasteiger partial charge in [-0.25, -0.2) is 9.97 Å². The molecule has 0 unspecified atom stereocenters. The number of morpholine rings is 1. The molecule has 0 saturated carbocycles.